The van der Waals surface area contributed by atoms with Crippen LogP contribution in [0.2, 0.25) is 0 Å². The van der Waals surface area contributed by atoms with Crippen molar-refractivity contribution in [1.29, 1.82) is 0 Å². The molecule has 0 aliphatic carbocycles. The molecule has 46 heavy (non-hydrogen) atoms. The van der Waals surface area contributed by atoms with Gasteiger partial charge in [-0.1, -0.05) is 6.07 Å². The molecule has 0 saturated carbocycles. The molecule has 0 amide bonds. The van der Waals surface area contributed by atoms with Crippen molar-refractivity contribution in [2.75, 3.05) is 0 Å². The molecule has 1 aliphatic heterocycles. The molecular weight excluding hydrogens is 608 g/mol. The average Bonchev–Trinajstić information content (AvgIpc) is 2.93. The smallest absolute Gasteiger partial charge is 0.338 e. The van der Waals surface area contributed by atoms with Crippen molar-refractivity contribution in [2.24, 2.45) is 0 Å². The monoisotopic (exact) mass is 636 g/mol. The lowest BCUT2D eigenvalue weighted by molar-refractivity contribution is -0.135. The summed E-state index contributed by atoms with van der Waals surface area (Å²) in [7, 11) is 0. The molecule has 3 aromatic rings. The quantitative estimate of drug-likeness (QED) is 0.277. The summed E-state index contributed by atoms with van der Waals surface area (Å²) < 4.78 is 38.4. The normalized spacial score (nSPS) is 14.9. The lowest BCUT2D eigenvalue weighted by atomic mass is 9.93. The zero-order chi connectivity index (χ0) is 33.7. The third-order valence-corrected chi connectivity index (χ3v) is 6.12. The molecule has 0 fully saturated rings. The van der Waals surface area contributed by atoms with Crippen LogP contribution in [0.15, 0.2) is 48.5 Å². The van der Waals surface area contributed by atoms with E-state index >= 15 is 0 Å². The van der Waals surface area contributed by atoms with Crippen LogP contribution in [0.25, 0.3) is 0 Å². The number of carbonyl (C=O) groups excluding carboxylic acids is 6. The number of aromatic hydroxyl groups is 1. The van der Waals surface area contributed by atoms with Crippen molar-refractivity contribution in [3.05, 3.63) is 65.2 Å². The molecule has 14 heteroatoms. The number of phenolic OH excluding ortho intramolecular Hbond substituents is 1. The van der Waals surface area contributed by atoms with Crippen LogP contribution >= 0.6 is 0 Å². The van der Waals surface area contributed by atoms with Crippen molar-refractivity contribution >= 4 is 35.8 Å². The number of carbonyl (C=O) groups is 6. The molecule has 3 aromatic carbocycles. The Morgan fingerprint density at radius 1 is 0.696 bits per heavy atom. The highest BCUT2D eigenvalue weighted by Crippen LogP contribution is 2.47. The van der Waals surface area contributed by atoms with Gasteiger partial charge in [-0.2, -0.15) is 0 Å². The molecule has 0 bridgehead atoms. The van der Waals surface area contributed by atoms with Gasteiger partial charge in [-0.05, 0) is 30.3 Å². The van der Waals surface area contributed by atoms with E-state index in [4.69, 9.17) is 33.2 Å². The van der Waals surface area contributed by atoms with Crippen LogP contribution in [0, 0.1) is 0 Å². The zero-order valence-corrected chi connectivity index (χ0v) is 25.2. The molecule has 1 unspecified atom stereocenters. The Morgan fingerprint density at radius 2 is 1.26 bits per heavy atom. The predicted octanol–water partition coefficient (Wildman–Crippen LogP) is 3.92. The molecule has 1 aliphatic rings. The van der Waals surface area contributed by atoms with Crippen molar-refractivity contribution in [1.82, 2.24) is 0 Å². The molecule has 1 heterocycles. The summed E-state index contributed by atoms with van der Waals surface area (Å²) in [5, 5.41) is 9.89. The Balaban J connectivity index is 1.91. The molecule has 0 saturated heterocycles. The third kappa shape index (κ3) is 8.16. The summed E-state index contributed by atoms with van der Waals surface area (Å²) in [6, 6.07) is 10.6. The minimum Gasteiger partial charge on any atom is -0.508 e. The van der Waals surface area contributed by atoms with Gasteiger partial charge in [0, 0.05) is 64.3 Å². The summed E-state index contributed by atoms with van der Waals surface area (Å²) in [5.74, 6) is -5.86. The molecule has 0 radical (unpaired) electrons. The maximum absolute atomic E-state index is 13.3. The van der Waals surface area contributed by atoms with Gasteiger partial charge < -0.3 is 38.3 Å². The van der Waals surface area contributed by atoms with Gasteiger partial charge >= 0.3 is 35.8 Å². The van der Waals surface area contributed by atoms with E-state index in [1.54, 1.807) is 0 Å². The van der Waals surface area contributed by atoms with Crippen LogP contribution in [-0.4, -0.2) is 47.0 Å². The topological polar surface area (TPSA) is 187 Å². The maximum atomic E-state index is 13.3. The Labute approximate surface area is 261 Å². The molecule has 0 spiro atoms. The van der Waals surface area contributed by atoms with Crippen LogP contribution < -0.4 is 28.4 Å². The fourth-order valence-corrected chi connectivity index (χ4v) is 4.59. The van der Waals surface area contributed by atoms with E-state index in [0.29, 0.717) is 0 Å². The summed E-state index contributed by atoms with van der Waals surface area (Å²) in [5.41, 5.74) is 0.393. The zero-order valence-electron chi connectivity index (χ0n) is 25.2. The van der Waals surface area contributed by atoms with E-state index in [1.165, 1.54) is 55.5 Å². The highest BCUT2D eigenvalue weighted by molar-refractivity contribution is 5.90. The number of phenols is 1. The minimum atomic E-state index is -1.25. The van der Waals surface area contributed by atoms with E-state index in [9.17, 15) is 33.9 Å². The van der Waals surface area contributed by atoms with Gasteiger partial charge in [-0.25, -0.2) is 4.79 Å². The number of hydrogen-bond acceptors (Lipinski definition) is 14. The van der Waals surface area contributed by atoms with Crippen LogP contribution in [0.1, 0.15) is 62.2 Å². The Hall–Kier alpha value is -5.92. The molecule has 2 atom stereocenters. The predicted molar refractivity (Wildman–Crippen MR) is 154 cm³/mol. The largest absolute Gasteiger partial charge is 0.508 e. The molecule has 14 nitrogen and oxygen atoms in total. The van der Waals surface area contributed by atoms with Crippen molar-refractivity contribution in [2.45, 2.75) is 53.2 Å². The first-order valence-corrected chi connectivity index (χ1v) is 13.6. The van der Waals surface area contributed by atoms with Crippen LogP contribution in [0.4, 0.5) is 0 Å². The number of esters is 6. The number of ether oxygens (including phenoxy) is 7. The highest BCUT2D eigenvalue weighted by Gasteiger charge is 2.38. The standard InChI is InChI=1S/C32H28O14/c1-15(33)40-23-12-25(41-16(2)34)24-14-29(46-32(39)20-7-6-8-22(38)9-20)30(45-26(24)13-23)21-10-27(42-17(3)35)31(44-19(5)37)28(11-21)43-18(4)36/h6-13,29-30,38H,14H2,1-5H3/t29-,30?/m1/s1. The molecule has 240 valence electrons. The Kier molecular flexibility index (Phi) is 9.90. The third-order valence-electron chi connectivity index (χ3n) is 6.12. The van der Waals surface area contributed by atoms with E-state index in [1.807, 2.05) is 0 Å². The SMILES string of the molecule is CC(=O)Oc1cc(OC(C)=O)c2c(c1)OC(c1cc(OC(C)=O)c(OC(C)=O)c(OC(C)=O)c1)[C@H](OC(=O)c1cccc(O)c1)C2. The van der Waals surface area contributed by atoms with Gasteiger partial charge in [0.15, 0.2) is 17.6 Å². The fraction of sp³-hybridized carbons (Fsp3) is 0.250. The van der Waals surface area contributed by atoms with Crippen LogP contribution in [-0.2, 0) is 35.1 Å². The minimum absolute atomic E-state index is 0.00127. The van der Waals surface area contributed by atoms with Gasteiger partial charge in [-0.15, -0.1) is 0 Å². The number of fused-ring (bicyclic) bond motifs is 1. The number of hydrogen-bond donors (Lipinski definition) is 1. The van der Waals surface area contributed by atoms with Gasteiger partial charge in [0.05, 0.1) is 5.56 Å². The van der Waals surface area contributed by atoms with Crippen LogP contribution in [0.5, 0.6) is 40.2 Å². The Bertz CT molecular complexity index is 1700. The maximum Gasteiger partial charge on any atom is 0.338 e. The second-order valence-corrected chi connectivity index (χ2v) is 9.95. The summed E-state index contributed by atoms with van der Waals surface area (Å²) in [6.45, 7) is 5.60. The lowest BCUT2D eigenvalue weighted by Gasteiger charge is -2.34. The molecule has 0 aromatic heterocycles. The van der Waals surface area contributed by atoms with Crippen molar-refractivity contribution in [3.63, 3.8) is 0 Å². The average molecular weight is 637 g/mol. The Morgan fingerprint density at radius 3 is 1.80 bits per heavy atom. The summed E-state index contributed by atoms with van der Waals surface area (Å²) >= 11 is 0. The van der Waals surface area contributed by atoms with Gasteiger partial charge in [-0.3, -0.25) is 24.0 Å². The second-order valence-electron chi connectivity index (χ2n) is 9.95. The van der Waals surface area contributed by atoms with Crippen molar-refractivity contribution < 1.29 is 67.0 Å². The van der Waals surface area contributed by atoms with E-state index in [-0.39, 0.29) is 63.4 Å². The van der Waals surface area contributed by atoms with Crippen LogP contribution in [0.3, 0.4) is 0 Å². The number of rotatable bonds is 8. The second kappa shape index (κ2) is 13.8. The molecule has 4 rings (SSSR count). The lowest BCUT2D eigenvalue weighted by Crippen LogP contribution is -2.35. The van der Waals surface area contributed by atoms with E-state index < -0.39 is 48.0 Å². The van der Waals surface area contributed by atoms with Gasteiger partial charge in [0.1, 0.15) is 29.1 Å². The first kappa shape index (κ1) is 33.0. The summed E-state index contributed by atoms with van der Waals surface area (Å²) in [6.07, 6.45) is -2.59. The summed E-state index contributed by atoms with van der Waals surface area (Å²) in [4.78, 5) is 72.8. The number of benzene rings is 3. The molecular formula is C32H28O14. The fourth-order valence-electron chi connectivity index (χ4n) is 4.59. The van der Waals surface area contributed by atoms with Gasteiger partial charge in [0.2, 0.25) is 5.75 Å². The first-order chi connectivity index (χ1) is 21.7. The van der Waals surface area contributed by atoms with Gasteiger partial charge in [0.25, 0.3) is 0 Å². The highest BCUT2D eigenvalue weighted by atomic mass is 16.6. The van der Waals surface area contributed by atoms with E-state index in [0.717, 1.165) is 27.7 Å². The first-order valence-electron chi connectivity index (χ1n) is 13.6. The van der Waals surface area contributed by atoms with E-state index in [2.05, 4.69) is 0 Å². The van der Waals surface area contributed by atoms with Crippen molar-refractivity contribution in [3.8, 4) is 40.2 Å². The molecule has 1 N–H and O–H groups in total.